The van der Waals surface area contributed by atoms with Gasteiger partial charge in [0.1, 0.15) is 5.75 Å². The van der Waals surface area contributed by atoms with Gasteiger partial charge in [-0.25, -0.2) is 8.42 Å². The molecule has 0 aliphatic rings. The van der Waals surface area contributed by atoms with Crippen LogP contribution in [-0.2, 0) is 20.2 Å². The second-order valence-corrected chi connectivity index (χ2v) is 11.2. The third kappa shape index (κ3) is 7.08. The molecule has 12 heteroatoms. The molecule has 1 amide bonds. The van der Waals surface area contributed by atoms with E-state index in [2.05, 4.69) is 56.7 Å². The van der Waals surface area contributed by atoms with E-state index < -0.39 is 15.9 Å². The SMILES string of the molecule is COc1cc(NS(=O)(=O)c2ccc(NC(=O)COc3ccc(C(C)(C)C)cc3Br)cc2)nc(OC)n1. The Kier molecular flexibility index (Phi) is 8.41. The first-order valence-corrected chi connectivity index (χ1v) is 13.0. The Morgan fingerprint density at radius 2 is 1.69 bits per heavy atom. The van der Waals surface area contributed by atoms with Crippen LogP contribution >= 0.6 is 15.9 Å². The van der Waals surface area contributed by atoms with Gasteiger partial charge in [0.2, 0.25) is 5.88 Å². The summed E-state index contributed by atoms with van der Waals surface area (Å²) in [5.74, 6) is 0.270. The number of hydrogen-bond acceptors (Lipinski definition) is 8. The minimum atomic E-state index is -3.97. The van der Waals surface area contributed by atoms with Gasteiger partial charge in [0.15, 0.2) is 12.4 Å². The number of halogens is 1. The van der Waals surface area contributed by atoms with Crippen LogP contribution in [0.15, 0.2) is 57.9 Å². The standard InChI is InChI=1S/C24H27BrN4O6S/c1-24(2,3)15-6-11-19(18(25)12-15)35-14-21(30)26-16-7-9-17(10-8-16)36(31,32)29-20-13-22(33-4)28-23(27-20)34-5/h6-13H,14H2,1-5H3,(H,26,30)(H,27,28,29). The number of anilines is 2. The number of nitrogens with zero attached hydrogens (tertiary/aromatic N) is 2. The van der Waals surface area contributed by atoms with E-state index >= 15 is 0 Å². The number of sulfonamides is 1. The van der Waals surface area contributed by atoms with Crippen molar-refractivity contribution in [1.82, 2.24) is 9.97 Å². The molecule has 0 spiro atoms. The summed E-state index contributed by atoms with van der Waals surface area (Å²) in [7, 11) is -1.23. The predicted octanol–water partition coefficient (Wildman–Crippen LogP) is 4.37. The Balaban J connectivity index is 1.62. The Morgan fingerprint density at radius 1 is 1.00 bits per heavy atom. The average Bonchev–Trinajstić information content (AvgIpc) is 2.82. The van der Waals surface area contributed by atoms with Gasteiger partial charge in [-0.1, -0.05) is 26.8 Å². The third-order valence-corrected chi connectivity index (χ3v) is 6.91. The highest BCUT2D eigenvalue weighted by molar-refractivity contribution is 9.10. The lowest BCUT2D eigenvalue weighted by atomic mass is 9.87. The van der Waals surface area contributed by atoms with E-state index in [4.69, 9.17) is 14.2 Å². The van der Waals surface area contributed by atoms with Crippen molar-refractivity contribution in [2.75, 3.05) is 30.9 Å². The smallest absolute Gasteiger partial charge is 0.321 e. The molecule has 3 aromatic rings. The molecule has 36 heavy (non-hydrogen) atoms. The van der Waals surface area contributed by atoms with Crippen molar-refractivity contribution in [2.24, 2.45) is 0 Å². The number of hydrogen-bond donors (Lipinski definition) is 2. The Bertz CT molecular complexity index is 1320. The summed E-state index contributed by atoms with van der Waals surface area (Å²) >= 11 is 3.48. The van der Waals surface area contributed by atoms with Crippen LogP contribution < -0.4 is 24.2 Å². The van der Waals surface area contributed by atoms with Crippen LogP contribution in [0.25, 0.3) is 0 Å². The molecular weight excluding hydrogens is 552 g/mol. The second kappa shape index (κ2) is 11.1. The molecule has 2 aromatic carbocycles. The van der Waals surface area contributed by atoms with Crippen LogP contribution in [0.5, 0.6) is 17.6 Å². The normalized spacial score (nSPS) is 11.5. The quantitative estimate of drug-likeness (QED) is 0.383. The highest BCUT2D eigenvalue weighted by Crippen LogP contribution is 2.31. The van der Waals surface area contributed by atoms with Gasteiger partial charge in [-0.3, -0.25) is 9.52 Å². The Morgan fingerprint density at radius 3 is 2.28 bits per heavy atom. The van der Waals surface area contributed by atoms with E-state index in [9.17, 15) is 13.2 Å². The first-order chi connectivity index (χ1) is 16.9. The molecule has 192 valence electrons. The summed E-state index contributed by atoms with van der Waals surface area (Å²) in [5, 5.41) is 2.68. The van der Waals surface area contributed by atoms with Crippen LogP contribution in [-0.4, -0.2) is 45.1 Å². The molecule has 3 rings (SSSR count). The minimum Gasteiger partial charge on any atom is -0.483 e. The number of ether oxygens (including phenoxy) is 3. The van der Waals surface area contributed by atoms with E-state index in [1.807, 2.05) is 18.2 Å². The zero-order valence-corrected chi connectivity index (χ0v) is 22.9. The van der Waals surface area contributed by atoms with Crippen molar-refractivity contribution in [3.8, 4) is 17.6 Å². The molecule has 1 heterocycles. The number of carbonyl (C=O) groups excluding carboxylic acids is 1. The number of nitrogens with one attached hydrogen (secondary N) is 2. The predicted molar refractivity (Wildman–Crippen MR) is 139 cm³/mol. The summed E-state index contributed by atoms with van der Waals surface area (Å²) < 4.78 is 44.2. The van der Waals surface area contributed by atoms with Gasteiger partial charge < -0.3 is 19.5 Å². The van der Waals surface area contributed by atoms with Crippen molar-refractivity contribution in [3.63, 3.8) is 0 Å². The zero-order valence-electron chi connectivity index (χ0n) is 20.5. The van der Waals surface area contributed by atoms with Gasteiger partial charge in [0.05, 0.1) is 23.6 Å². The summed E-state index contributed by atoms with van der Waals surface area (Å²) in [6.07, 6.45) is 0. The lowest BCUT2D eigenvalue weighted by Crippen LogP contribution is -2.20. The Hall–Kier alpha value is -3.38. The first kappa shape index (κ1) is 27.2. The van der Waals surface area contributed by atoms with Crippen LogP contribution in [0, 0.1) is 0 Å². The number of amides is 1. The third-order valence-electron chi connectivity index (χ3n) is 4.92. The maximum atomic E-state index is 12.7. The maximum Gasteiger partial charge on any atom is 0.321 e. The monoisotopic (exact) mass is 578 g/mol. The molecule has 10 nitrogen and oxygen atoms in total. The fourth-order valence-electron chi connectivity index (χ4n) is 2.99. The molecule has 0 saturated carbocycles. The largest absolute Gasteiger partial charge is 0.483 e. The highest BCUT2D eigenvalue weighted by atomic mass is 79.9. The van der Waals surface area contributed by atoms with Crippen molar-refractivity contribution < 1.29 is 27.4 Å². The van der Waals surface area contributed by atoms with Gasteiger partial charge in [-0.2, -0.15) is 9.97 Å². The summed E-state index contributed by atoms with van der Waals surface area (Å²) in [6, 6.07) is 12.7. The highest BCUT2D eigenvalue weighted by Gasteiger charge is 2.18. The van der Waals surface area contributed by atoms with Gasteiger partial charge in [0, 0.05) is 11.8 Å². The van der Waals surface area contributed by atoms with Crippen molar-refractivity contribution >= 4 is 43.4 Å². The van der Waals surface area contributed by atoms with Crippen molar-refractivity contribution in [2.45, 2.75) is 31.1 Å². The topological polar surface area (TPSA) is 129 Å². The molecule has 1 aromatic heterocycles. The van der Waals surface area contributed by atoms with E-state index in [0.29, 0.717) is 11.4 Å². The number of benzene rings is 2. The van der Waals surface area contributed by atoms with Crippen LogP contribution in [0.1, 0.15) is 26.3 Å². The van der Waals surface area contributed by atoms with Crippen LogP contribution in [0.3, 0.4) is 0 Å². The fourth-order valence-corrected chi connectivity index (χ4v) is 4.48. The van der Waals surface area contributed by atoms with E-state index in [1.165, 1.54) is 44.6 Å². The first-order valence-electron chi connectivity index (χ1n) is 10.7. The molecule has 2 N–H and O–H groups in total. The molecule has 0 fully saturated rings. The van der Waals surface area contributed by atoms with Crippen LogP contribution in [0.4, 0.5) is 11.5 Å². The number of aromatic nitrogens is 2. The molecule has 0 bridgehead atoms. The van der Waals surface area contributed by atoms with Gasteiger partial charge >= 0.3 is 6.01 Å². The lowest BCUT2D eigenvalue weighted by molar-refractivity contribution is -0.118. The van der Waals surface area contributed by atoms with Gasteiger partial charge in [0.25, 0.3) is 15.9 Å². The van der Waals surface area contributed by atoms with E-state index in [-0.39, 0.29) is 34.6 Å². The average molecular weight is 579 g/mol. The molecule has 0 saturated heterocycles. The zero-order chi connectivity index (χ0) is 26.5. The minimum absolute atomic E-state index is 0.0118. The van der Waals surface area contributed by atoms with Crippen molar-refractivity contribution in [3.05, 3.63) is 58.6 Å². The molecule has 0 atom stereocenters. The molecule has 0 aliphatic heterocycles. The van der Waals surface area contributed by atoms with Crippen LogP contribution in [0.2, 0.25) is 0 Å². The molecule has 0 aliphatic carbocycles. The molecule has 0 radical (unpaired) electrons. The number of methoxy groups -OCH3 is 2. The number of rotatable bonds is 9. The lowest BCUT2D eigenvalue weighted by Gasteiger charge is -2.20. The van der Waals surface area contributed by atoms with Crippen molar-refractivity contribution in [1.29, 1.82) is 0 Å². The molecule has 0 unspecified atom stereocenters. The van der Waals surface area contributed by atoms with E-state index in [0.717, 1.165) is 10.0 Å². The van der Waals surface area contributed by atoms with Gasteiger partial charge in [-0.15, -0.1) is 0 Å². The summed E-state index contributed by atoms with van der Waals surface area (Å²) in [5.41, 5.74) is 1.53. The Labute approximate surface area is 218 Å². The second-order valence-electron chi connectivity index (χ2n) is 8.64. The molecular formula is C24H27BrN4O6S. The summed E-state index contributed by atoms with van der Waals surface area (Å²) in [4.78, 5) is 20.2. The maximum absolute atomic E-state index is 12.7. The number of carbonyl (C=O) groups is 1. The summed E-state index contributed by atoms with van der Waals surface area (Å²) in [6.45, 7) is 6.12. The van der Waals surface area contributed by atoms with E-state index in [1.54, 1.807) is 0 Å². The van der Waals surface area contributed by atoms with Gasteiger partial charge in [-0.05, 0) is 63.3 Å². The fraction of sp³-hybridized carbons (Fsp3) is 0.292.